The van der Waals surface area contributed by atoms with E-state index in [-0.39, 0.29) is 17.0 Å². The molecule has 4 rings (SSSR count). The summed E-state index contributed by atoms with van der Waals surface area (Å²) in [4.78, 5) is 25.7. The third kappa shape index (κ3) is 4.35. The summed E-state index contributed by atoms with van der Waals surface area (Å²) in [6, 6.07) is 6.43. The number of carbonyl (C=O) groups excluding carboxylic acids is 1. The lowest BCUT2D eigenvalue weighted by molar-refractivity contribution is 0.241. The van der Waals surface area contributed by atoms with Gasteiger partial charge < -0.3 is 15.0 Å². The maximum atomic E-state index is 13.0. The van der Waals surface area contributed by atoms with Gasteiger partial charge in [-0.25, -0.2) is 22.5 Å². The van der Waals surface area contributed by atoms with Crippen molar-refractivity contribution in [1.82, 2.24) is 19.6 Å². The van der Waals surface area contributed by atoms with Crippen molar-refractivity contribution in [3.63, 3.8) is 0 Å². The first kappa shape index (κ1) is 22.3. The Morgan fingerprint density at radius 2 is 2.06 bits per heavy atom. The first-order chi connectivity index (χ1) is 15.3. The lowest BCUT2D eigenvalue weighted by Gasteiger charge is -2.34. The molecule has 3 heterocycles. The quantitative estimate of drug-likeness (QED) is 0.720. The molecule has 1 fully saturated rings. The Morgan fingerprint density at radius 1 is 1.25 bits per heavy atom. The minimum Gasteiger partial charge on any atom is -0.481 e. The summed E-state index contributed by atoms with van der Waals surface area (Å²) in [5.74, 6) is 1.09. The molecule has 1 N–H and O–H groups in total. The molecule has 1 unspecified atom stereocenters. The number of sulfonamides is 1. The number of ether oxygens (including phenoxy) is 1. The highest BCUT2D eigenvalue weighted by Crippen LogP contribution is 2.31. The van der Waals surface area contributed by atoms with E-state index in [0.717, 1.165) is 30.6 Å². The first-order valence-electron chi connectivity index (χ1n) is 10.5. The normalized spacial score (nSPS) is 18.6. The Balaban J connectivity index is 1.44. The molecule has 32 heavy (non-hydrogen) atoms. The van der Waals surface area contributed by atoms with Crippen LogP contribution in [0.15, 0.2) is 35.4 Å². The van der Waals surface area contributed by atoms with Gasteiger partial charge in [-0.1, -0.05) is 0 Å². The number of anilines is 2. The molecular formula is C21H28N6O4S. The van der Waals surface area contributed by atoms with Gasteiger partial charge in [0, 0.05) is 57.7 Å². The molecule has 10 nitrogen and oxygen atoms in total. The molecule has 0 aliphatic carbocycles. The lowest BCUT2D eigenvalue weighted by atomic mass is 10.1. The average Bonchev–Trinajstić information content (AvgIpc) is 3.22. The number of amides is 2. The molecule has 172 valence electrons. The molecule has 1 saturated heterocycles. The molecule has 0 spiro atoms. The van der Waals surface area contributed by atoms with Crippen molar-refractivity contribution in [2.45, 2.75) is 30.2 Å². The van der Waals surface area contributed by atoms with E-state index < -0.39 is 10.0 Å². The Bertz CT molecular complexity index is 1110. The molecule has 0 radical (unpaired) electrons. The van der Waals surface area contributed by atoms with Crippen molar-refractivity contribution in [3.8, 4) is 5.88 Å². The summed E-state index contributed by atoms with van der Waals surface area (Å²) in [6.07, 6.45) is 4.06. The fourth-order valence-electron chi connectivity index (χ4n) is 4.09. The summed E-state index contributed by atoms with van der Waals surface area (Å²) in [5.41, 5.74) is 1.61. The Hall–Kier alpha value is -2.92. The van der Waals surface area contributed by atoms with Crippen molar-refractivity contribution >= 4 is 27.7 Å². The number of nitrogens with zero attached hydrogens (tertiary/aromatic N) is 5. The summed E-state index contributed by atoms with van der Waals surface area (Å²) in [5, 5.41) is 3.13. The van der Waals surface area contributed by atoms with E-state index in [4.69, 9.17) is 4.74 Å². The van der Waals surface area contributed by atoms with Gasteiger partial charge in [0.1, 0.15) is 0 Å². The van der Waals surface area contributed by atoms with Crippen molar-refractivity contribution < 1.29 is 17.9 Å². The summed E-state index contributed by atoms with van der Waals surface area (Å²) in [6.45, 7) is 1.94. The van der Waals surface area contributed by atoms with Gasteiger partial charge in [0.25, 0.3) is 0 Å². The van der Waals surface area contributed by atoms with Crippen LogP contribution >= 0.6 is 0 Å². The molecule has 0 bridgehead atoms. The third-order valence-corrected chi connectivity index (χ3v) is 7.64. The van der Waals surface area contributed by atoms with E-state index in [1.807, 2.05) is 4.90 Å². The smallest absolute Gasteiger partial charge is 0.322 e. The summed E-state index contributed by atoms with van der Waals surface area (Å²) >= 11 is 0. The second-order valence-corrected chi connectivity index (χ2v) is 10.3. The zero-order valence-electron chi connectivity index (χ0n) is 18.5. The standard InChI is InChI=1S/C21H28N6O4S/c1-25(2)32(29,30)17-6-7-18-15(13-17)9-12-27(18)21(28)23-16-5-4-11-26(14-16)20-22-10-8-19(24-20)31-3/h6-8,10,13,16H,4-5,9,11-12,14H2,1-3H3,(H,23,28). The van der Waals surface area contributed by atoms with Crippen molar-refractivity contribution in [2.24, 2.45) is 0 Å². The highest BCUT2D eigenvalue weighted by molar-refractivity contribution is 7.89. The largest absolute Gasteiger partial charge is 0.481 e. The Labute approximate surface area is 188 Å². The molecule has 2 aliphatic heterocycles. The first-order valence-corrected chi connectivity index (χ1v) is 12.0. The molecule has 1 aromatic carbocycles. The summed E-state index contributed by atoms with van der Waals surface area (Å²) < 4.78 is 31.2. The number of fused-ring (bicyclic) bond motifs is 1. The average molecular weight is 461 g/mol. The van der Waals surface area contributed by atoms with E-state index in [2.05, 4.69) is 15.3 Å². The van der Waals surface area contributed by atoms with E-state index in [9.17, 15) is 13.2 Å². The monoisotopic (exact) mass is 460 g/mol. The molecule has 2 aromatic rings. The van der Waals surface area contributed by atoms with E-state index in [0.29, 0.717) is 31.3 Å². The SMILES string of the molecule is COc1ccnc(N2CCCC(NC(=O)N3CCc4cc(S(=O)(=O)N(C)C)ccc43)C2)n1. The molecule has 1 aromatic heterocycles. The molecule has 2 amide bonds. The predicted octanol–water partition coefficient (Wildman–Crippen LogP) is 1.48. The molecule has 1 atom stereocenters. The fourth-order valence-corrected chi connectivity index (χ4v) is 5.04. The van der Waals surface area contributed by atoms with Gasteiger partial charge >= 0.3 is 6.03 Å². The highest BCUT2D eigenvalue weighted by Gasteiger charge is 2.30. The Kier molecular flexibility index (Phi) is 6.20. The second kappa shape index (κ2) is 8.91. The van der Waals surface area contributed by atoms with Gasteiger partial charge in [-0.05, 0) is 43.0 Å². The van der Waals surface area contributed by atoms with Crippen molar-refractivity contribution in [2.75, 3.05) is 50.6 Å². The zero-order valence-corrected chi connectivity index (χ0v) is 19.3. The van der Waals surface area contributed by atoms with Crippen LogP contribution < -0.4 is 19.9 Å². The summed E-state index contributed by atoms with van der Waals surface area (Å²) in [7, 11) is 1.07. The van der Waals surface area contributed by atoms with Crippen molar-refractivity contribution in [1.29, 1.82) is 0 Å². The van der Waals surface area contributed by atoms with Gasteiger partial charge in [-0.3, -0.25) is 4.90 Å². The number of methoxy groups -OCH3 is 1. The van der Waals surface area contributed by atoms with Crippen LogP contribution in [0.4, 0.5) is 16.4 Å². The van der Waals surface area contributed by atoms with Crippen LogP contribution in [0, 0.1) is 0 Å². The van der Waals surface area contributed by atoms with Gasteiger partial charge in [0.05, 0.1) is 12.0 Å². The number of nitrogens with one attached hydrogen (secondary N) is 1. The molecule has 2 aliphatic rings. The van der Waals surface area contributed by atoms with Crippen LogP contribution in [0.3, 0.4) is 0 Å². The minimum absolute atomic E-state index is 0.0384. The topological polar surface area (TPSA) is 108 Å². The molecule has 11 heteroatoms. The third-order valence-electron chi connectivity index (χ3n) is 5.83. The van der Waals surface area contributed by atoms with Crippen LogP contribution in [0.1, 0.15) is 18.4 Å². The number of aromatic nitrogens is 2. The molecule has 0 saturated carbocycles. The minimum atomic E-state index is -3.51. The predicted molar refractivity (Wildman–Crippen MR) is 121 cm³/mol. The highest BCUT2D eigenvalue weighted by atomic mass is 32.2. The number of carbonyl (C=O) groups is 1. The van der Waals surface area contributed by atoms with Gasteiger partial charge in [-0.15, -0.1) is 0 Å². The number of hydrogen-bond donors (Lipinski definition) is 1. The fraction of sp³-hybridized carbons (Fsp3) is 0.476. The number of hydrogen-bond acceptors (Lipinski definition) is 7. The van der Waals surface area contributed by atoms with Crippen LogP contribution in [0.5, 0.6) is 5.88 Å². The van der Waals surface area contributed by atoms with Crippen LogP contribution in [-0.2, 0) is 16.4 Å². The van der Waals surface area contributed by atoms with Crippen molar-refractivity contribution in [3.05, 3.63) is 36.0 Å². The van der Waals surface area contributed by atoms with E-state index >= 15 is 0 Å². The lowest BCUT2D eigenvalue weighted by Crippen LogP contribution is -2.51. The second-order valence-electron chi connectivity index (χ2n) is 8.11. The maximum Gasteiger partial charge on any atom is 0.322 e. The molecular weight excluding hydrogens is 432 g/mol. The Morgan fingerprint density at radius 3 is 2.81 bits per heavy atom. The number of urea groups is 1. The number of rotatable bonds is 5. The van der Waals surface area contributed by atoms with E-state index in [1.54, 1.807) is 42.5 Å². The van der Waals surface area contributed by atoms with Gasteiger partial charge in [0.15, 0.2) is 0 Å². The van der Waals surface area contributed by atoms with Gasteiger partial charge in [-0.2, -0.15) is 4.98 Å². The van der Waals surface area contributed by atoms with Crippen LogP contribution in [0.25, 0.3) is 0 Å². The number of piperidine rings is 1. The van der Waals surface area contributed by atoms with Crippen LogP contribution in [0.2, 0.25) is 0 Å². The van der Waals surface area contributed by atoms with Crippen LogP contribution in [-0.4, -0.2) is 75.6 Å². The van der Waals surface area contributed by atoms with Gasteiger partial charge in [0.2, 0.25) is 21.9 Å². The van der Waals surface area contributed by atoms with E-state index in [1.165, 1.54) is 18.4 Å². The maximum absolute atomic E-state index is 13.0. The zero-order chi connectivity index (χ0) is 22.9. The number of benzene rings is 1.